The standard InChI is InChI=1S/C25H27FN2O2S/c1-18-27-22(17-31-18)14-25(29)28(23-6-2-3-7-23)15-20-5-4-8-24(13-20)30-16-19-9-11-21(26)12-10-19/h4-5,8-13,17,23H,2-3,6-7,14-16H2,1H3. The first-order chi connectivity index (χ1) is 15.1. The third-order valence-electron chi connectivity index (χ3n) is 5.65. The molecule has 0 radical (unpaired) electrons. The molecule has 1 aliphatic carbocycles. The minimum Gasteiger partial charge on any atom is -0.489 e. The lowest BCUT2D eigenvalue weighted by Crippen LogP contribution is -2.39. The average molecular weight is 439 g/mol. The highest BCUT2D eigenvalue weighted by molar-refractivity contribution is 7.09. The molecule has 1 fully saturated rings. The van der Waals surface area contributed by atoms with E-state index in [1.54, 1.807) is 23.5 Å². The molecule has 4 rings (SSSR count). The highest BCUT2D eigenvalue weighted by Gasteiger charge is 2.27. The fourth-order valence-electron chi connectivity index (χ4n) is 4.06. The van der Waals surface area contributed by atoms with Gasteiger partial charge in [-0.3, -0.25) is 4.79 Å². The number of carbonyl (C=O) groups excluding carboxylic acids is 1. The van der Waals surface area contributed by atoms with E-state index in [0.29, 0.717) is 19.6 Å². The molecule has 0 unspecified atom stereocenters. The minimum atomic E-state index is -0.254. The van der Waals surface area contributed by atoms with Crippen molar-refractivity contribution in [3.05, 3.63) is 81.6 Å². The van der Waals surface area contributed by atoms with Crippen molar-refractivity contribution in [3.63, 3.8) is 0 Å². The first-order valence-corrected chi connectivity index (χ1v) is 11.6. The maximum absolute atomic E-state index is 13.2. The Kier molecular flexibility index (Phi) is 6.97. The molecule has 0 atom stereocenters. The Hall–Kier alpha value is -2.73. The molecular weight excluding hydrogens is 411 g/mol. The third-order valence-corrected chi connectivity index (χ3v) is 6.48. The van der Waals surface area contributed by atoms with E-state index >= 15 is 0 Å². The van der Waals surface area contributed by atoms with Gasteiger partial charge in [0.05, 0.1) is 17.1 Å². The van der Waals surface area contributed by atoms with Crippen molar-refractivity contribution < 1.29 is 13.9 Å². The number of hydrogen-bond donors (Lipinski definition) is 0. The van der Waals surface area contributed by atoms with Gasteiger partial charge in [0.25, 0.3) is 0 Å². The number of rotatable bonds is 8. The van der Waals surface area contributed by atoms with Crippen LogP contribution >= 0.6 is 11.3 Å². The first-order valence-electron chi connectivity index (χ1n) is 10.7. The van der Waals surface area contributed by atoms with E-state index in [4.69, 9.17) is 4.74 Å². The normalized spacial score (nSPS) is 14.0. The molecule has 162 valence electrons. The van der Waals surface area contributed by atoms with Crippen molar-refractivity contribution >= 4 is 17.2 Å². The Labute approximate surface area is 186 Å². The topological polar surface area (TPSA) is 42.4 Å². The molecule has 4 nitrogen and oxygen atoms in total. The van der Waals surface area contributed by atoms with Gasteiger partial charge in [-0.05, 0) is 55.2 Å². The summed E-state index contributed by atoms with van der Waals surface area (Å²) >= 11 is 1.58. The van der Waals surface area contributed by atoms with E-state index in [0.717, 1.165) is 40.4 Å². The van der Waals surface area contributed by atoms with Crippen LogP contribution in [0.2, 0.25) is 0 Å². The van der Waals surface area contributed by atoms with Gasteiger partial charge in [-0.15, -0.1) is 11.3 Å². The summed E-state index contributed by atoms with van der Waals surface area (Å²) in [5.41, 5.74) is 2.81. The van der Waals surface area contributed by atoms with Crippen LogP contribution in [0.25, 0.3) is 0 Å². The molecule has 0 spiro atoms. The van der Waals surface area contributed by atoms with Crippen molar-refractivity contribution in [2.24, 2.45) is 0 Å². The van der Waals surface area contributed by atoms with E-state index in [-0.39, 0.29) is 17.8 Å². The average Bonchev–Trinajstić information content (AvgIpc) is 3.44. The second-order valence-corrected chi connectivity index (χ2v) is 9.12. The molecule has 2 aromatic carbocycles. The summed E-state index contributed by atoms with van der Waals surface area (Å²) in [5.74, 6) is 0.626. The van der Waals surface area contributed by atoms with Gasteiger partial charge < -0.3 is 9.64 Å². The maximum atomic E-state index is 13.2. The van der Waals surface area contributed by atoms with Crippen molar-refractivity contribution in [1.82, 2.24) is 9.88 Å². The third kappa shape index (κ3) is 5.91. The fraction of sp³-hybridized carbons (Fsp3) is 0.360. The Bertz CT molecular complexity index is 1010. The molecule has 3 aromatic rings. The number of hydrogen-bond acceptors (Lipinski definition) is 4. The van der Waals surface area contributed by atoms with E-state index in [2.05, 4.69) is 4.98 Å². The van der Waals surface area contributed by atoms with E-state index < -0.39 is 0 Å². The molecule has 0 saturated heterocycles. The molecule has 1 aromatic heterocycles. The molecule has 31 heavy (non-hydrogen) atoms. The molecule has 1 amide bonds. The molecule has 1 saturated carbocycles. The lowest BCUT2D eigenvalue weighted by Gasteiger charge is -2.29. The fourth-order valence-corrected chi connectivity index (χ4v) is 4.67. The molecular formula is C25H27FN2O2S. The number of amides is 1. The lowest BCUT2D eigenvalue weighted by atomic mass is 10.1. The summed E-state index contributed by atoms with van der Waals surface area (Å²) in [6.07, 6.45) is 4.81. The van der Waals surface area contributed by atoms with Crippen LogP contribution in [-0.2, 0) is 24.4 Å². The number of carbonyl (C=O) groups is 1. The van der Waals surface area contributed by atoms with Gasteiger partial charge in [-0.1, -0.05) is 37.1 Å². The second kappa shape index (κ2) is 10.1. The predicted octanol–water partition coefficient (Wildman–Crippen LogP) is 5.68. The largest absolute Gasteiger partial charge is 0.489 e. The summed E-state index contributed by atoms with van der Waals surface area (Å²) in [6.45, 7) is 2.91. The van der Waals surface area contributed by atoms with Crippen molar-refractivity contribution in [1.29, 1.82) is 0 Å². The maximum Gasteiger partial charge on any atom is 0.229 e. The monoisotopic (exact) mass is 438 g/mol. The Morgan fingerprint density at radius 3 is 2.65 bits per heavy atom. The van der Waals surface area contributed by atoms with Crippen LogP contribution in [0.3, 0.4) is 0 Å². The van der Waals surface area contributed by atoms with Crippen LogP contribution in [0.1, 0.15) is 47.5 Å². The molecule has 0 N–H and O–H groups in total. The van der Waals surface area contributed by atoms with E-state index in [1.807, 2.05) is 41.5 Å². The molecule has 1 heterocycles. The van der Waals surface area contributed by atoms with Crippen LogP contribution in [0, 0.1) is 12.7 Å². The van der Waals surface area contributed by atoms with E-state index in [9.17, 15) is 9.18 Å². The minimum absolute atomic E-state index is 0.134. The zero-order valence-electron chi connectivity index (χ0n) is 17.7. The molecule has 0 bridgehead atoms. The smallest absolute Gasteiger partial charge is 0.229 e. The number of aryl methyl sites for hydroxylation is 1. The number of ether oxygens (including phenoxy) is 1. The van der Waals surface area contributed by atoms with Gasteiger partial charge in [-0.2, -0.15) is 0 Å². The van der Waals surface area contributed by atoms with Gasteiger partial charge in [0.2, 0.25) is 5.91 Å². The Morgan fingerprint density at radius 2 is 1.94 bits per heavy atom. The van der Waals surface area contributed by atoms with Gasteiger partial charge in [0.15, 0.2) is 0 Å². The number of halogens is 1. The molecule has 1 aliphatic rings. The van der Waals surface area contributed by atoms with Gasteiger partial charge in [0.1, 0.15) is 18.2 Å². The summed E-state index contributed by atoms with van der Waals surface area (Å²) in [6, 6.07) is 14.5. The van der Waals surface area contributed by atoms with Crippen LogP contribution in [0.4, 0.5) is 4.39 Å². The SMILES string of the molecule is Cc1nc(CC(=O)N(Cc2cccc(OCc3ccc(F)cc3)c2)C2CCCC2)cs1. The van der Waals surface area contributed by atoms with Crippen LogP contribution < -0.4 is 4.74 Å². The summed E-state index contributed by atoms with van der Waals surface area (Å²) in [5, 5.41) is 2.96. The van der Waals surface area contributed by atoms with Crippen LogP contribution in [0.15, 0.2) is 53.9 Å². The van der Waals surface area contributed by atoms with Crippen LogP contribution in [0.5, 0.6) is 5.75 Å². The molecule has 6 heteroatoms. The Balaban J connectivity index is 1.44. The number of thiazole rings is 1. The number of benzene rings is 2. The summed E-state index contributed by atoms with van der Waals surface area (Å²) in [7, 11) is 0. The van der Waals surface area contributed by atoms with Gasteiger partial charge in [-0.25, -0.2) is 9.37 Å². The zero-order valence-corrected chi connectivity index (χ0v) is 18.5. The number of aromatic nitrogens is 1. The summed E-state index contributed by atoms with van der Waals surface area (Å²) < 4.78 is 19.0. The van der Waals surface area contributed by atoms with Gasteiger partial charge >= 0.3 is 0 Å². The van der Waals surface area contributed by atoms with Crippen molar-refractivity contribution in [3.8, 4) is 5.75 Å². The van der Waals surface area contributed by atoms with E-state index in [1.165, 1.54) is 25.0 Å². The van der Waals surface area contributed by atoms with Crippen LogP contribution in [-0.4, -0.2) is 21.8 Å². The highest BCUT2D eigenvalue weighted by atomic mass is 32.1. The van der Waals surface area contributed by atoms with Crippen molar-refractivity contribution in [2.45, 2.75) is 58.2 Å². The predicted molar refractivity (Wildman–Crippen MR) is 121 cm³/mol. The Morgan fingerprint density at radius 1 is 1.16 bits per heavy atom. The summed E-state index contributed by atoms with van der Waals surface area (Å²) in [4.78, 5) is 19.7. The number of nitrogens with zero attached hydrogens (tertiary/aromatic N) is 2. The zero-order chi connectivity index (χ0) is 21.6. The highest BCUT2D eigenvalue weighted by Crippen LogP contribution is 2.27. The second-order valence-electron chi connectivity index (χ2n) is 8.06. The molecule has 0 aliphatic heterocycles. The quantitative estimate of drug-likeness (QED) is 0.454. The van der Waals surface area contributed by atoms with Crippen molar-refractivity contribution in [2.75, 3.05) is 0 Å². The van der Waals surface area contributed by atoms with Gasteiger partial charge in [0, 0.05) is 18.0 Å². The first kappa shape index (κ1) is 21.5. The lowest BCUT2D eigenvalue weighted by molar-refractivity contribution is -0.133.